The Morgan fingerprint density at radius 2 is 1.90 bits per heavy atom. The van der Waals surface area contributed by atoms with Crippen molar-refractivity contribution in [1.82, 2.24) is 5.32 Å². The second-order valence-corrected chi connectivity index (χ2v) is 7.97. The standard InChI is InChI=1S/C21H21N3O6S/c1-24(10-4-5-17(25)30-3)20(27)15-11-16(31-19(15)23-21(24)28)18(26)22-12-13-6-8-14(29-2)9-7-13/h4-9,11H,10,12H2,1-3H3,(H-,22,23,26,27,28)/p+1/b5-4+. The lowest BCUT2D eigenvalue weighted by atomic mass is 10.1. The van der Waals surface area contributed by atoms with Crippen LogP contribution in [0.5, 0.6) is 5.75 Å². The monoisotopic (exact) mass is 444 g/mol. The van der Waals surface area contributed by atoms with E-state index in [4.69, 9.17) is 4.74 Å². The molecule has 1 aliphatic heterocycles. The Bertz CT molecular complexity index is 1060. The van der Waals surface area contributed by atoms with E-state index in [-0.39, 0.29) is 18.0 Å². The number of thiophene rings is 1. The molecule has 0 fully saturated rings. The first-order valence-electron chi connectivity index (χ1n) is 9.30. The number of benzene rings is 1. The summed E-state index contributed by atoms with van der Waals surface area (Å²) in [4.78, 5) is 49.7. The molecule has 10 heteroatoms. The maximum absolute atomic E-state index is 13.0. The molecule has 0 saturated heterocycles. The SMILES string of the molecule is COC(=O)/C=C/C[N+]1(C)C(=O)Nc2sc(C(=O)NCc3ccc(OC)cc3)cc2C1=O. The van der Waals surface area contributed by atoms with Gasteiger partial charge in [-0.2, -0.15) is 4.48 Å². The quantitative estimate of drug-likeness (QED) is 0.386. The van der Waals surface area contributed by atoms with Crippen molar-refractivity contribution < 1.29 is 33.1 Å². The summed E-state index contributed by atoms with van der Waals surface area (Å²) < 4.78 is 9.01. The number of ether oxygens (including phenoxy) is 2. The van der Waals surface area contributed by atoms with Crippen LogP contribution in [0.3, 0.4) is 0 Å². The van der Waals surface area contributed by atoms with E-state index in [0.717, 1.165) is 28.7 Å². The third-order valence-corrected chi connectivity index (χ3v) is 5.89. The Kier molecular flexibility index (Phi) is 6.52. The molecule has 2 heterocycles. The number of hydrogen-bond donors (Lipinski definition) is 2. The summed E-state index contributed by atoms with van der Waals surface area (Å²) in [6, 6.07) is 8.21. The van der Waals surface area contributed by atoms with Gasteiger partial charge in [0.25, 0.3) is 5.91 Å². The number of imide groups is 1. The van der Waals surface area contributed by atoms with Crippen LogP contribution in [0.2, 0.25) is 0 Å². The summed E-state index contributed by atoms with van der Waals surface area (Å²) in [6.45, 7) is 0.270. The van der Waals surface area contributed by atoms with Crippen molar-refractivity contribution in [2.75, 3.05) is 33.1 Å². The van der Waals surface area contributed by atoms with Gasteiger partial charge in [0.05, 0.1) is 26.1 Å². The number of urea groups is 1. The molecule has 0 radical (unpaired) electrons. The third kappa shape index (κ3) is 4.65. The van der Waals surface area contributed by atoms with Crippen molar-refractivity contribution >= 4 is 40.2 Å². The number of rotatable bonds is 7. The number of nitrogens with zero attached hydrogens (tertiary/aromatic N) is 1. The highest BCUT2D eigenvalue weighted by Gasteiger charge is 2.47. The smallest absolute Gasteiger partial charge is 0.429 e. The van der Waals surface area contributed by atoms with Gasteiger partial charge >= 0.3 is 17.9 Å². The van der Waals surface area contributed by atoms with E-state index in [9.17, 15) is 19.2 Å². The number of amides is 4. The largest absolute Gasteiger partial charge is 0.497 e. The maximum atomic E-state index is 13.0. The number of carbonyl (C=O) groups is 4. The molecule has 0 bridgehead atoms. The van der Waals surface area contributed by atoms with Crippen molar-refractivity contribution in [3.8, 4) is 5.75 Å². The lowest BCUT2D eigenvalue weighted by molar-refractivity contribution is -0.735. The Balaban J connectivity index is 1.72. The van der Waals surface area contributed by atoms with Crippen LogP contribution >= 0.6 is 11.3 Å². The number of hydrogen-bond acceptors (Lipinski definition) is 7. The summed E-state index contributed by atoms with van der Waals surface area (Å²) in [5.74, 6) is -0.669. The van der Waals surface area contributed by atoms with Gasteiger partial charge in [-0.3, -0.25) is 10.1 Å². The van der Waals surface area contributed by atoms with Gasteiger partial charge in [0.1, 0.15) is 22.9 Å². The first kappa shape index (κ1) is 22.2. The molecule has 31 heavy (non-hydrogen) atoms. The fraction of sp³-hybridized carbons (Fsp3) is 0.238. The number of esters is 1. The molecule has 1 atom stereocenters. The minimum atomic E-state index is -0.607. The van der Waals surface area contributed by atoms with Crippen LogP contribution < -0.4 is 15.4 Å². The predicted octanol–water partition coefficient (Wildman–Crippen LogP) is 2.55. The molecule has 9 nitrogen and oxygen atoms in total. The van der Waals surface area contributed by atoms with Gasteiger partial charge in [0.15, 0.2) is 0 Å². The summed E-state index contributed by atoms with van der Waals surface area (Å²) in [7, 11) is 4.26. The second-order valence-electron chi connectivity index (χ2n) is 6.92. The normalized spacial score (nSPS) is 17.8. The van der Waals surface area contributed by atoms with Crippen molar-refractivity contribution in [2.24, 2.45) is 0 Å². The van der Waals surface area contributed by atoms with E-state index in [1.165, 1.54) is 26.3 Å². The molecule has 4 amide bonds. The second kappa shape index (κ2) is 9.11. The molecule has 0 aliphatic carbocycles. The Hall–Kier alpha value is -3.50. The van der Waals surface area contributed by atoms with Crippen molar-refractivity contribution in [2.45, 2.75) is 6.54 Å². The van der Waals surface area contributed by atoms with Gasteiger partial charge in [-0.15, -0.1) is 11.3 Å². The molecule has 1 unspecified atom stereocenters. The summed E-state index contributed by atoms with van der Waals surface area (Å²) in [6.07, 6.45) is 2.56. The van der Waals surface area contributed by atoms with Gasteiger partial charge in [-0.1, -0.05) is 12.1 Å². The van der Waals surface area contributed by atoms with Crippen LogP contribution in [-0.4, -0.2) is 56.1 Å². The molecule has 2 aromatic rings. The Morgan fingerprint density at radius 3 is 2.55 bits per heavy atom. The maximum Gasteiger partial charge on any atom is 0.429 e. The number of nitrogens with one attached hydrogen (secondary N) is 2. The van der Waals surface area contributed by atoms with Gasteiger partial charge < -0.3 is 14.8 Å². The van der Waals surface area contributed by atoms with E-state index in [2.05, 4.69) is 15.4 Å². The zero-order valence-corrected chi connectivity index (χ0v) is 18.1. The number of fused-ring (bicyclic) bond motifs is 1. The lowest BCUT2D eigenvalue weighted by Crippen LogP contribution is -2.58. The number of carbonyl (C=O) groups excluding carboxylic acids is 4. The molecule has 1 aliphatic rings. The van der Waals surface area contributed by atoms with Crippen LogP contribution in [0.25, 0.3) is 0 Å². The minimum Gasteiger partial charge on any atom is -0.497 e. The van der Waals surface area contributed by atoms with Crippen LogP contribution in [0.4, 0.5) is 9.80 Å². The van der Waals surface area contributed by atoms with E-state index in [1.807, 2.05) is 12.1 Å². The van der Waals surface area contributed by atoms with Crippen LogP contribution in [0.1, 0.15) is 25.6 Å². The van der Waals surface area contributed by atoms with Gasteiger partial charge in [0, 0.05) is 12.6 Å². The molecule has 0 spiro atoms. The highest BCUT2D eigenvalue weighted by molar-refractivity contribution is 7.18. The predicted molar refractivity (Wildman–Crippen MR) is 114 cm³/mol. The number of anilines is 1. The van der Waals surface area contributed by atoms with E-state index in [0.29, 0.717) is 16.4 Å². The van der Waals surface area contributed by atoms with Crippen LogP contribution in [-0.2, 0) is 16.1 Å². The minimum absolute atomic E-state index is 0.0337. The summed E-state index contributed by atoms with van der Waals surface area (Å²) in [5.41, 5.74) is 1.15. The van der Waals surface area contributed by atoms with Gasteiger partial charge in [0.2, 0.25) is 0 Å². The first-order valence-corrected chi connectivity index (χ1v) is 10.1. The Morgan fingerprint density at radius 1 is 1.19 bits per heavy atom. The average Bonchev–Trinajstić information content (AvgIpc) is 3.20. The van der Waals surface area contributed by atoms with Crippen molar-refractivity contribution in [3.63, 3.8) is 0 Å². The zero-order chi connectivity index (χ0) is 22.6. The average molecular weight is 444 g/mol. The molecular formula is C21H22N3O6S+. The fourth-order valence-corrected chi connectivity index (χ4v) is 3.90. The molecule has 162 valence electrons. The third-order valence-electron chi connectivity index (χ3n) is 4.84. The van der Waals surface area contributed by atoms with Crippen molar-refractivity contribution in [1.29, 1.82) is 0 Å². The molecule has 1 aromatic heterocycles. The first-order chi connectivity index (χ1) is 14.8. The summed E-state index contributed by atoms with van der Waals surface area (Å²) >= 11 is 1.04. The lowest BCUT2D eigenvalue weighted by Gasteiger charge is -2.30. The van der Waals surface area contributed by atoms with Crippen molar-refractivity contribution in [3.05, 3.63) is 58.5 Å². The highest BCUT2D eigenvalue weighted by Crippen LogP contribution is 2.35. The molecule has 2 N–H and O–H groups in total. The van der Waals surface area contributed by atoms with E-state index >= 15 is 0 Å². The topological polar surface area (TPSA) is 111 Å². The van der Waals surface area contributed by atoms with E-state index < -0.39 is 22.4 Å². The number of likely N-dealkylation sites (N-methyl/N-ethyl adjacent to an activating group) is 1. The molecule has 3 rings (SSSR count). The molecule has 1 aromatic carbocycles. The Labute approximate surface area is 182 Å². The highest BCUT2D eigenvalue weighted by atomic mass is 32.1. The van der Waals surface area contributed by atoms with Gasteiger partial charge in [-0.25, -0.2) is 14.4 Å². The van der Waals surface area contributed by atoms with E-state index in [1.54, 1.807) is 19.2 Å². The fourth-order valence-electron chi connectivity index (χ4n) is 2.94. The van der Waals surface area contributed by atoms with Gasteiger partial charge in [-0.05, 0) is 29.8 Å². The van der Waals surface area contributed by atoms with Crippen LogP contribution in [0, 0.1) is 0 Å². The van der Waals surface area contributed by atoms with Crippen LogP contribution in [0.15, 0.2) is 42.5 Å². The zero-order valence-electron chi connectivity index (χ0n) is 17.3. The summed E-state index contributed by atoms with van der Waals surface area (Å²) in [5, 5.41) is 5.81. The molecular weight excluding hydrogens is 422 g/mol. The number of methoxy groups -OCH3 is 2. The number of quaternary nitrogens is 1. The molecule has 0 saturated carbocycles.